The van der Waals surface area contributed by atoms with Crippen LogP contribution in [0.3, 0.4) is 0 Å². The number of carboxylic acid groups (broad SMARTS) is 1. The van der Waals surface area contributed by atoms with Gasteiger partial charge in [-0.05, 0) is 42.2 Å². The number of rotatable bonds is 4. The van der Waals surface area contributed by atoms with Crippen molar-refractivity contribution in [2.75, 3.05) is 5.32 Å². The number of dihydropyridines is 1. The summed E-state index contributed by atoms with van der Waals surface area (Å²) < 4.78 is 0. The Hall–Kier alpha value is -2.21. The first-order valence-corrected chi connectivity index (χ1v) is 6.76. The number of allylic oxidation sites excluding steroid dienone is 2. The Morgan fingerprint density at radius 2 is 2.00 bits per heavy atom. The molecule has 104 valence electrons. The number of aliphatic carboxylic acids is 1. The second-order valence-corrected chi connectivity index (χ2v) is 5.55. The zero-order chi connectivity index (χ0) is 14.6. The van der Waals surface area contributed by atoms with Crippen molar-refractivity contribution in [3.63, 3.8) is 0 Å². The molecule has 5 nitrogen and oxygen atoms in total. The van der Waals surface area contributed by atoms with Crippen LogP contribution in [0.15, 0.2) is 54.3 Å². The van der Waals surface area contributed by atoms with E-state index in [1.54, 1.807) is 12.3 Å². The highest BCUT2D eigenvalue weighted by molar-refractivity contribution is 8.15. The molecule has 6 heteroatoms. The maximum absolute atomic E-state index is 11.5. The first kappa shape index (κ1) is 14.2. The third kappa shape index (κ3) is 3.03. The first-order valence-electron chi connectivity index (χ1n) is 5.94. The lowest BCUT2D eigenvalue weighted by atomic mass is 10.1. The van der Waals surface area contributed by atoms with Crippen LogP contribution in [0.4, 0.5) is 5.69 Å². The summed E-state index contributed by atoms with van der Waals surface area (Å²) in [6.45, 7) is 1.40. The van der Waals surface area contributed by atoms with Crippen molar-refractivity contribution in [2.24, 2.45) is 0 Å². The number of thioether (sulfide) groups is 1. The van der Waals surface area contributed by atoms with Crippen molar-refractivity contribution in [1.82, 2.24) is 5.32 Å². The number of carbonyl (C=O) groups excluding carboxylic acids is 1. The van der Waals surface area contributed by atoms with Crippen LogP contribution in [0.1, 0.15) is 6.92 Å². The SMILES string of the molecule is CC(=O)SC1(Nc2ccccc2)NC=CC=C1C(=O)O. The molecule has 0 radical (unpaired) electrons. The summed E-state index contributed by atoms with van der Waals surface area (Å²) in [5, 5.41) is 15.2. The van der Waals surface area contributed by atoms with Crippen LogP contribution in [0, 0.1) is 0 Å². The van der Waals surface area contributed by atoms with Gasteiger partial charge in [-0.25, -0.2) is 4.79 Å². The molecule has 0 spiro atoms. The van der Waals surface area contributed by atoms with Gasteiger partial charge in [-0.3, -0.25) is 4.79 Å². The van der Waals surface area contributed by atoms with E-state index in [1.165, 1.54) is 13.0 Å². The lowest BCUT2D eigenvalue weighted by Gasteiger charge is -2.36. The Balaban J connectivity index is 2.40. The maximum atomic E-state index is 11.5. The summed E-state index contributed by atoms with van der Waals surface area (Å²) in [7, 11) is 0. The minimum atomic E-state index is -1.21. The van der Waals surface area contributed by atoms with Crippen molar-refractivity contribution in [3.8, 4) is 0 Å². The van der Waals surface area contributed by atoms with E-state index >= 15 is 0 Å². The van der Waals surface area contributed by atoms with Crippen LogP contribution in [0.5, 0.6) is 0 Å². The van der Waals surface area contributed by atoms with E-state index in [9.17, 15) is 14.7 Å². The zero-order valence-corrected chi connectivity index (χ0v) is 11.6. The Morgan fingerprint density at radius 3 is 2.60 bits per heavy atom. The zero-order valence-electron chi connectivity index (χ0n) is 10.8. The van der Waals surface area contributed by atoms with Gasteiger partial charge in [0.15, 0.2) is 10.1 Å². The van der Waals surface area contributed by atoms with Gasteiger partial charge in [0, 0.05) is 12.6 Å². The summed E-state index contributed by atoms with van der Waals surface area (Å²) in [6.07, 6.45) is 4.68. The molecule has 1 aromatic carbocycles. The molecule has 0 aromatic heterocycles. The molecule has 1 aliphatic rings. The highest BCUT2D eigenvalue weighted by Crippen LogP contribution is 2.34. The van der Waals surface area contributed by atoms with Crippen LogP contribution in [0.2, 0.25) is 0 Å². The summed E-state index contributed by atoms with van der Waals surface area (Å²) in [6, 6.07) is 9.14. The Bertz CT molecular complexity index is 583. The van der Waals surface area contributed by atoms with Crippen LogP contribution in [-0.2, 0) is 9.59 Å². The van der Waals surface area contributed by atoms with Gasteiger partial charge < -0.3 is 15.7 Å². The Morgan fingerprint density at radius 1 is 1.30 bits per heavy atom. The molecule has 0 saturated heterocycles. The molecule has 2 rings (SSSR count). The third-order valence-corrected chi connectivity index (χ3v) is 3.68. The molecule has 0 bridgehead atoms. The molecular weight excluding hydrogens is 276 g/mol. The van der Waals surface area contributed by atoms with Crippen LogP contribution >= 0.6 is 11.8 Å². The van der Waals surface area contributed by atoms with E-state index < -0.39 is 11.0 Å². The van der Waals surface area contributed by atoms with Crippen molar-refractivity contribution in [1.29, 1.82) is 0 Å². The van der Waals surface area contributed by atoms with Gasteiger partial charge in [0.2, 0.25) is 0 Å². The largest absolute Gasteiger partial charge is 0.478 e. The molecule has 0 amide bonds. The number of nitrogens with one attached hydrogen (secondary N) is 2. The molecule has 0 saturated carbocycles. The summed E-state index contributed by atoms with van der Waals surface area (Å²) in [5.41, 5.74) is 0.792. The predicted octanol–water partition coefficient (Wildman–Crippen LogP) is 2.16. The minimum Gasteiger partial charge on any atom is -0.478 e. The molecule has 1 aliphatic heterocycles. The average Bonchev–Trinajstić information content (AvgIpc) is 2.39. The van der Waals surface area contributed by atoms with Gasteiger partial charge in [0.25, 0.3) is 0 Å². The molecule has 1 unspecified atom stereocenters. The molecule has 3 N–H and O–H groups in total. The molecule has 1 aromatic rings. The lowest BCUT2D eigenvalue weighted by molar-refractivity contribution is -0.133. The summed E-state index contributed by atoms with van der Waals surface area (Å²) in [4.78, 5) is 21.7. The fraction of sp³-hybridized carbons (Fsp3) is 0.143. The molecule has 1 heterocycles. The average molecular weight is 290 g/mol. The highest BCUT2D eigenvalue weighted by Gasteiger charge is 2.40. The van der Waals surface area contributed by atoms with E-state index in [2.05, 4.69) is 10.6 Å². The van der Waals surface area contributed by atoms with Gasteiger partial charge in [0.1, 0.15) is 0 Å². The minimum absolute atomic E-state index is 0.0732. The van der Waals surface area contributed by atoms with Gasteiger partial charge in [-0.2, -0.15) is 0 Å². The lowest BCUT2D eigenvalue weighted by Crippen LogP contribution is -2.52. The Labute approximate surface area is 120 Å². The van der Waals surface area contributed by atoms with Crippen LogP contribution in [0.25, 0.3) is 0 Å². The number of carboxylic acids is 1. The fourth-order valence-electron chi connectivity index (χ4n) is 1.88. The van der Waals surface area contributed by atoms with Crippen molar-refractivity contribution in [2.45, 2.75) is 11.9 Å². The standard InChI is InChI=1S/C14H14N2O3S/c1-10(17)20-14(16-11-6-3-2-4-7-11)12(13(18)19)8-5-9-15-14/h2-9,15-16H,1H3,(H,18,19). The topological polar surface area (TPSA) is 78.4 Å². The molecular formula is C14H14N2O3S. The highest BCUT2D eigenvalue weighted by atomic mass is 32.2. The van der Waals surface area contributed by atoms with Gasteiger partial charge in [-0.1, -0.05) is 18.2 Å². The third-order valence-electron chi connectivity index (χ3n) is 2.65. The van der Waals surface area contributed by atoms with Gasteiger partial charge >= 0.3 is 5.97 Å². The van der Waals surface area contributed by atoms with Gasteiger partial charge in [0.05, 0.1) is 5.57 Å². The second-order valence-electron chi connectivity index (χ2n) is 4.15. The normalized spacial score (nSPS) is 20.8. The van der Waals surface area contributed by atoms with Crippen molar-refractivity contribution in [3.05, 3.63) is 54.3 Å². The number of hydrogen-bond donors (Lipinski definition) is 3. The van der Waals surface area contributed by atoms with Crippen molar-refractivity contribution < 1.29 is 14.7 Å². The van der Waals surface area contributed by atoms with Crippen LogP contribution < -0.4 is 10.6 Å². The fourth-order valence-corrected chi connectivity index (χ4v) is 2.87. The number of carbonyl (C=O) groups is 2. The molecule has 20 heavy (non-hydrogen) atoms. The predicted molar refractivity (Wildman–Crippen MR) is 79.1 cm³/mol. The van der Waals surface area contributed by atoms with E-state index in [1.807, 2.05) is 30.3 Å². The number of para-hydroxylation sites is 1. The number of anilines is 1. The Kier molecular flexibility index (Phi) is 4.14. The summed E-state index contributed by atoms with van der Waals surface area (Å²) >= 11 is 0.893. The quantitative estimate of drug-likeness (QED) is 0.738. The molecule has 0 fully saturated rings. The smallest absolute Gasteiger partial charge is 0.336 e. The number of benzene rings is 1. The van der Waals surface area contributed by atoms with E-state index in [0.717, 1.165) is 17.4 Å². The second kappa shape index (κ2) is 5.83. The van der Waals surface area contributed by atoms with Gasteiger partial charge in [-0.15, -0.1) is 0 Å². The van der Waals surface area contributed by atoms with E-state index in [4.69, 9.17) is 0 Å². The van der Waals surface area contributed by atoms with Crippen molar-refractivity contribution >= 4 is 28.5 Å². The van der Waals surface area contributed by atoms with Crippen LogP contribution in [-0.4, -0.2) is 21.2 Å². The monoisotopic (exact) mass is 290 g/mol. The molecule has 1 atom stereocenters. The van der Waals surface area contributed by atoms with E-state index in [0.29, 0.717) is 0 Å². The summed E-state index contributed by atoms with van der Waals surface area (Å²) in [5.74, 6) is -1.08. The maximum Gasteiger partial charge on any atom is 0.336 e. The first-order chi connectivity index (χ1) is 9.53. The number of hydrogen-bond acceptors (Lipinski definition) is 5. The molecule has 0 aliphatic carbocycles. The van der Waals surface area contributed by atoms with E-state index in [-0.39, 0.29) is 10.7 Å².